The maximum atomic E-state index is 11.6. The predicted molar refractivity (Wildman–Crippen MR) is 111 cm³/mol. The number of aliphatic hydroxyl groups is 2. The van der Waals surface area contributed by atoms with Crippen LogP contribution < -0.4 is 9.47 Å². The van der Waals surface area contributed by atoms with Crippen molar-refractivity contribution < 1.29 is 34.0 Å². The molecule has 0 aromatic carbocycles. The number of halogens is 1. The van der Waals surface area contributed by atoms with Crippen molar-refractivity contribution in [2.24, 2.45) is 5.92 Å². The Labute approximate surface area is 188 Å². The number of pyridine rings is 1. The van der Waals surface area contributed by atoms with Gasteiger partial charge in [-0.25, -0.2) is 0 Å². The summed E-state index contributed by atoms with van der Waals surface area (Å²) in [5.74, 6) is 0.311. The number of likely N-dealkylation sites (tertiary alicyclic amines) is 1. The van der Waals surface area contributed by atoms with Crippen LogP contribution in [0.3, 0.4) is 0 Å². The van der Waals surface area contributed by atoms with E-state index < -0.39 is 12.7 Å². The highest BCUT2D eigenvalue weighted by Gasteiger charge is 2.48. The fourth-order valence-corrected chi connectivity index (χ4v) is 4.58. The van der Waals surface area contributed by atoms with Crippen molar-refractivity contribution in [3.05, 3.63) is 11.1 Å². The van der Waals surface area contributed by atoms with Gasteiger partial charge in [0, 0.05) is 13.1 Å². The molecule has 1 unspecified atom stereocenters. The van der Waals surface area contributed by atoms with E-state index in [1.54, 1.807) is 11.0 Å². The molecule has 3 fully saturated rings. The summed E-state index contributed by atoms with van der Waals surface area (Å²) < 4.78 is 22.9. The number of carbonyl (C=O) groups excluding carboxylic acids is 1. The van der Waals surface area contributed by atoms with Gasteiger partial charge < -0.3 is 39.0 Å². The van der Waals surface area contributed by atoms with Crippen molar-refractivity contribution in [1.29, 1.82) is 0 Å². The summed E-state index contributed by atoms with van der Waals surface area (Å²) in [6, 6.07) is 1.95. The van der Waals surface area contributed by atoms with Crippen LogP contribution in [0.2, 0.25) is 5.02 Å². The Morgan fingerprint density at radius 1 is 1.25 bits per heavy atom. The Morgan fingerprint density at radius 2 is 2.03 bits per heavy atom. The predicted octanol–water partition coefficient (Wildman–Crippen LogP) is 0.127. The maximum Gasteiger partial charge on any atom is 0.296 e. The zero-order valence-corrected chi connectivity index (χ0v) is 18.0. The van der Waals surface area contributed by atoms with Gasteiger partial charge >= 0.3 is 0 Å². The molecule has 12 heteroatoms. The average molecular weight is 469 g/mol. The lowest BCUT2D eigenvalue weighted by molar-refractivity contribution is -0.135. The summed E-state index contributed by atoms with van der Waals surface area (Å²) >= 11 is 6.35. The quantitative estimate of drug-likeness (QED) is 0.539. The fourth-order valence-electron chi connectivity index (χ4n) is 4.37. The van der Waals surface area contributed by atoms with Crippen LogP contribution in [0, 0.1) is 5.92 Å². The van der Waals surface area contributed by atoms with E-state index in [0.29, 0.717) is 42.5 Å². The van der Waals surface area contributed by atoms with Crippen LogP contribution in [0.25, 0.3) is 11.2 Å². The van der Waals surface area contributed by atoms with Gasteiger partial charge in [0.2, 0.25) is 11.8 Å². The molecule has 0 spiro atoms. The third-order valence-electron chi connectivity index (χ3n) is 6.18. The summed E-state index contributed by atoms with van der Waals surface area (Å²) in [7, 11) is 0. The van der Waals surface area contributed by atoms with Gasteiger partial charge in [-0.1, -0.05) is 11.6 Å². The number of nitrogens with one attached hydrogen (secondary N) is 1. The standard InChI is InChI=1S/C20H25ClN4O7/c21-11-5-12-18(23-19(11)31-7-10-1-3-25(4-2-10)15(28)6-26)24-20(22-12)32-14-9-30-16-13(27)8-29-17(14)16/h5,10,13-14,16-17,26-27H,1-4,6-9H2,(H,22,23,24)/t13-,14-,16-,17?/m1/s1. The molecule has 0 bridgehead atoms. The summed E-state index contributed by atoms with van der Waals surface area (Å²) in [4.78, 5) is 25.1. The Kier molecular flexibility index (Phi) is 6.08. The first kappa shape index (κ1) is 21.7. The molecule has 0 aliphatic carbocycles. The van der Waals surface area contributed by atoms with Crippen molar-refractivity contribution >= 4 is 28.7 Å². The molecular weight excluding hydrogens is 444 g/mol. The highest BCUT2D eigenvalue weighted by molar-refractivity contribution is 6.32. The number of hydrogen-bond acceptors (Lipinski definition) is 9. The normalized spacial score (nSPS) is 28.3. The lowest BCUT2D eigenvalue weighted by Crippen LogP contribution is -2.41. The van der Waals surface area contributed by atoms with Gasteiger partial charge in [-0.05, 0) is 24.8 Å². The molecule has 3 aliphatic heterocycles. The smallest absolute Gasteiger partial charge is 0.296 e. The van der Waals surface area contributed by atoms with E-state index >= 15 is 0 Å². The van der Waals surface area contributed by atoms with Crippen molar-refractivity contribution in [2.45, 2.75) is 37.3 Å². The van der Waals surface area contributed by atoms with Gasteiger partial charge in [0.15, 0.2) is 11.8 Å². The molecule has 1 amide bonds. The first-order valence-corrected chi connectivity index (χ1v) is 11.0. The molecule has 5 rings (SSSR count). The molecule has 174 valence electrons. The minimum Gasteiger partial charge on any atom is -0.476 e. The van der Waals surface area contributed by atoms with Gasteiger partial charge in [0.05, 0.1) is 25.3 Å². The molecule has 4 atom stereocenters. The van der Waals surface area contributed by atoms with Gasteiger partial charge in [-0.3, -0.25) is 4.79 Å². The molecule has 11 nitrogen and oxygen atoms in total. The van der Waals surface area contributed by atoms with Crippen molar-refractivity contribution in [1.82, 2.24) is 19.9 Å². The lowest BCUT2D eigenvalue weighted by Gasteiger charge is -2.31. The van der Waals surface area contributed by atoms with E-state index in [2.05, 4.69) is 15.0 Å². The number of H-pyrrole nitrogens is 1. The monoisotopic (exact) mass is 468 g/mol. The van der Waals surface area contributed by atoms with Crippen LogP contribution in [0.4, 0.5) is 0 Å². The van der Waals surface area contributed by atoms with E-state index in [-0.39, 0.29) is 48.6 Å². The van der Waals surface area contributed by atoms with Crippen LogP contribution in [0.1, 0.15) is 12.8 Å². The van der Waals surface area contributed by atoms with Crippen molar-refractivity contribution in [3.63, 3.8) is 0 Å². The third kappa shape index (κ3) is 4.23. The van der Waals surface area contributed by atoms with E-state index in [4.69, 9.17) is 35.7 Å². The van der Waals surface area contributed by atoms with Crippen LogP contribution in [0.15, 0.2) is 6.07 Å². The van der Waals surface area contributed by atoms with Crippen molar-refractivity contribution in [3.8, 4) is 11.9 Å². The second-order valence-corrected chi connectivity index (χ2v) is 8.71. The molecule has 5 heterocycles. The number of nitrogens with zero attached hydrogens (tertiary/aromatic N) is 3. The number of aliphatic hydroxyl groups excluding tert-OH is 2. The zero-order chi connectivity index (χ0) is 22.2. The average Bonchev–Trinajstić information content (AvgIpc) is 3.49. The molecule has 0 radical (unpaired) electrons. The van der Waals surface area contributed by atoms with Crippen LogP contribution >= 0.6 is 11.6 Å². The molecule has 32 heavy (non-hydrogen) atoms. The third-order valence-corrected chi connectivity index (χ3v) is 6.45. The number of hydrogen-bond donors (Lipinski definition) is 3. The van der Waals surface area contributed by atoms with E-state index in [0.717, 1.165) is 12.8 Å². The highest BCUT2D eigenvalue weighted by Crippen LogP contribution is 2.31. The molecule has 2 aromatic rings. The van der Waals surface area contributed by atoms with Crippen molar-refractivity contribution in [2.75, 3.05) is 39.5 Å². The fraction of sp³-hybridized carbons (Fsp3) is 0.650. The Bertz CT molecular complexity index is 980. The minimum absolute atomic E-state index is 0.226. The van der Waals surface area contributed by atoms with Gasteiger partial charge in [-0.2, -0.15) is 9.97 Å². The second-order valence-electron chi connectivity index (χ2n) is 8.30. The van der Waals surface area contributed by atoms with E-state index in [9.17, 15) is 9.90 Å². The molecule has 3 aliphatic rings. The summed E-state index contributed by atoms with van der Waals surface area (Å²) in [6.07, 6.45) is -0.180. The number of piperidine rings is 1. The summed E-state index contributed by atoms with van der Waals surface area (Å²) in [6.45, 7) is 1.69. The topological polar surface area (TPSA) is 139 Å². The number of imidazole rings is 1. The molecule has 3 N–H and O–H groups in total. The summed E-state index contributed by atoms with van der Waals surface area (Å²) in [5, 5.41) is 19.2. The van der Waals surface area contributed by atoms with E-state index in [1.165, 1.54) is 0 Å². The number of carbonyl (C=O) groups is 1. The van der Waals surface area contributed by atoms with Crippen LogP contribution in [-0.4, -0.2) is 99.9 Å². The molecular formula is C20H25ClN4O7. The van der Waals surface area contributed by atoms with Gasteiger partial charge in [0.1, 0.15) is 29.9 Å². The lowest BCUT2D eigenvalue weighted by atomic mass is 9.98. The largest absolute Gasteiger partial charge is 0.476 e. The molecule has 3 saturated heterocycles. The number of amides is 1. The number of ether oxygens (including phenoxy) is 4. The Hall–Kier alpha value is -2.18. The SMILES string of the molecule is O=C(CO)N1CCC(COc2nc3nc(O[C@@H]4CO[C@H]5C4OC[C@H]5O)[nH]c3cc2Cl)CC1. The summed E-state index contributed by atoms with van der Waals surface area (Å²) in [5.41, 5.74) is 1.02. The minimum atomic E-state index is -0.646. The van der Waals surface area contributed by atoms with E-state index in [1.807, 2.05) is 0 Å². The number of aromatic nitrogens is 3. The van der Waals surface area contributed by atoms with Gasteiger partial charge in [-0.15, -0.1) is 0 Å². The Balaban J connectivity index is 1.20. The maximum absolute atomic E-state index is 11.6. The van der Waals surface area contributed by atoms with Crippen LogP contribution in [-0.2, 0) is 14.3 Å². The highest BCUT2D eigenvalue weighted by atomic mass is 35.5. The number of aromatic amines is 1. The second kappa shape index (κ2) is 8.99. The Morgan fingerprint density at radius 3 is 2.81 bits per heavy atom. The number of fused-ring (bicyclic) bond motifs is 2. The first-order chi connectivity index (χ1) is 15.5. The van der Waals surface area contributed by atoms with Gasteiger partial charge in [0.25, 0.3) is 6.01 Å². The van der Waals surface area contributed by atoms with Crippen LogP contribution in [0.5, 0.6) is 11.9 Å². The molecule has 2 aromatic heterocycles. The first-order valence-electron chi connectivity index (χ1n) is 10.7. The molecule has 0 saturated carbocycles. The number of rotatable bonds is 6. The zero-order valence-electron chi connectivity index (χ0n) is 17.3.